The number of nitrogen functional groups attached to an aromatic ring is 1. The average molecular weight is 297 g/mol. The van der Waals surface area contributed by atoms with Crippen LogP contribution in [0.3, 0.4) is 0 Å². The number of nitrogens with zero attached hydrogens (tertiary/aromatic N) is 3. The number of hydrogen-bond donors (Lipinski definition) is 1. The summed E-state index contributed by atoms with van der Waals surface area (Å²) in [5, 5.41) is 9.90. The summed E-state index contributed by atoms with van der Waals surface area (Å²) in [6.45, 7) is 0. The summed E-state index contributed by atoms with van der Waals surface area (Å²) in [5.41, 5.74) is 7.40. The Bertz CT molecular complexity index is 873. The average Bonchev–Trinajstić information content (AvgIpc) is 2.52. The first-order valence-corrected chi connectivity index (χ1v) is 6.44. The summed E-state index contributed by atoms with van der Waals surface area (Å²) < 4.78 is 5.73. The van der Waals surface area contributed by atoms with E-state index in [1.807, 2.05) is 12.1 Å². The summed E-state index contributed by atoms with van der Waals surface area (Å²) in [6, 6.07) is 10.6. The molecule has 0 fully saturated rings. The number of ether oxygens (including phenoxy) is 1. The maximum Gasteiger partial charge on any atom is 0.239 e. The molecular formula is C15H9ClN4O. The van der Waals surface area contributed by atoms with Crippen LogP contribution in [0.5, 0.6) is 11.6 Å². The van der Waals surface area contributed by atoms with Crippen LogP contribution in [0.1, 0.15) is 5.56 Å². The van der Waals surface area contributed by atoms with E-state index in [9.17, 15) is 0 Å². The standard InChI is InChI=1S/C15H9ClN4O/c16-13-9(8-17)5-7-20-15(13)21-12-4-3-11(18)14-10(12)2-1-6-19-14/h1-7H,18H2. The van der Waals surface area contributed by atoms with Crippen molar-refractivity contribution in [3.8, 4) is 17.7 Å². The molecule has 0 spiro atoms. The maximum absolute atomic E-state index is 8.97. The molecule has 0 atom stereocenters. The lowest BCUT2D eigenvalue weighted by molar-refractivity contribution is 0.468. The van der Waals surface area contributed by atoms with Gasteiger partial charge in [0.25, 0.3) is 0 Å². The fraction of sp³-hybridized carbons (Fsp3) is 0. The highest BCUT2D eigenvalue weighted by Crippen LogP contribution is 2.34. The van der Waals surface area contributed by atoms with Crippen molar-refractivity contribution in [2.24, 2.45) is 0 Å². The molecule has 0 aliphatic rings. The van der Waals surface area contributed by atoms with E-state index in [2.05, 4.69) is 9.97 Å². The molecule has 3 rings (SSSR count). The molecule has 2 N–H and O–H groups in total. The van der Waals surface area contributed by atoms with Crippen LogP contribution in [-0.2, 0) is 0 Å². The molecule has 2 aromatic heterocycles. The Morgan fingerprint density at radius 2 is 2.00 bits per heavy atom. The lowest BCUT2D eigenvalue weighted by atomic mass is 10.2. The molecule has 0 bridgehead atoms. The number of nitriles is 1. The van der Waals surface area contributed by atoms with Crippen LogP contribution in [-0.4, -0.2) is 9.97 Å². The van der Waals surface area contributed by atoms with Crippen LogP contribution in [0.2, 0.25) is 5.02 Å². The molecule has 0 radical (unpaired) electrons. The van der Waals surface area contributed by atoms with E-state index in [0.717, 1.165) is 5.39 Å². The molecule has 102 valence electrons. The monoisotopic (exact) mass is 296 g/mol. The van der Waals surface area contributed by atoms with Crippen LogP contribution >= 0.6 is 11.6 Å². The molecule has 0 aliphatic carbocycles. The predicted molar refractivity (Wildman–Crippen MR) is 80.2 cm³/mol. The highest BCUT2D eigenvalue weighted by molar-refractivity contribution is 6.33. The van der Waals surface area contributed by atoms with Gasteiger partial charge in [0.15, 0.2) is 0 Å². The minimum atomic E-state index is 0.172. The van der Waals surface area contributed by atoms with E-state index in [4.69, 9.17) is 27.3 Å². The smallest absolute Gasteiger partial charge is 0.239 e. The van der Waals surface area contributed by atoms with Crippen molar-refractivity contribution in [3.63, 3.8) is 0 Å². The molecule has 5 nitrogen and oxygen atoms in total. The highest BCUT2D eigenvalue weighted by Gasteiger charge is 2.12. The van der Waals surface area contributed by atoms with Gasteiger partial charge < -0.3 is 10.5 Å². The van der Waals surface area contributed by atoms with Crippen molar-refractivity contribution < 1.29 is 4.74 Å². The van der Waals surface area contributed by atoms with E-state index in [1.54, 1.807) is 24.4 Å². The van der Waals surface area contributed by atoms with Crippen molar-refractivity contribution in [1.82, 2.24) is 9.97 Å². The number of fused-ring (bicyclic) bond motifs is 1. The minimum absolute atomic E-state index is 0.172. The fourth-order valence-electron chi connectivity index (χ4n) is 1.94. The zero-order chi connectivity index (χ0) is 14.8. The van der Waals surface area contributed by atoms with Gasteiger partial charge in [-0.25, -0.2) is 4.98 Å². The van der Waals surface area contributed by atoms with Crippen molar-refractivity contribution in [2.75, 3.05) is 5.73 Å². The Morgan fingerprint density at radius 3 is 2.81 bits per heavy atom. The SMILES string of the molecule is N#Cc1ccnc(Oc2ccc(N)c3ncccc23)c1Cl. The van der Waals surface area contributed by atoms with E-state index in [1.165, 1.54) is 12.3 Å². The summed E-state index contributed by atoms with van der Waals surface area (Å²) in [6.07, 6.45) is 3.13. The number of halogens is 1. The molecule has 2 heterocycles. The third-order valence-electron chi connectivity index (χ3n) is 2.95. The lowest BCUT2D eigenvalue weighted by Crippen LogP contribution is -1.95. The molecular weight excluding hydrogens is 288 g/mol. The van der Waals surface area contributed by atoms with Gasteiger partial charge in [-0.15, -0.1) is 0 Å². The Balaban J connectivity index is 2.12. The molecule has 0 saturated carbocycles. The van der Waals surface area contributed by atoms with Gasteiger partial charge in [0.05, 0.1) is 16.8 Å². The summed E-state index contributed by atoms with van der Waals surface area (Å²) in [4.78, 5) is 8.28. The highest BCUT2D eigenvalue weighted by atomic mass is 35.5. The van der Waals surface area contributed by atoms with Gasteiger partial charge in [-0.05, 0) is 30.3 Å². The van der Waals surface area contributed by atoms with Crippen LogP contribution in [0.25, 0.3) is 10.9 Å². The molecule has 3 aromatic rings. The van der Waals surface area contributed by atoms with E-state index >= 15 is 0 Å². The van der Waals surface area contributed by atoms with Crippen LogP contribution in [0.15, 0.2) is 42.7 Å². The van der Waals surface area contributed by atoms with Gasteiger partial charge in [-0.2, -0.15) is 5.26 Å². The van der Waals surface area contributed by atoms with Gasteiger partial charge in [0.2, 0.25) is 5.88 Å². The zero-order valence-corrected chi connectivity index (χ0v) is 11.5. The fourth-order valence-corrected chi connectivity index (χ4v) is 2.14. The molecule has 0 saturated heterocycles. The first kappa shape index (κ1) is 13.2. The minimum Gasteiger partial charge on any atom is -0.437 e. The zero-order valence-electron chi connectivity index (χ0n) is 10.7. The van der Waals surface area contributed by atoms with Crippen molar-refractivity contribution in [1.29, 1.82) is 5.26 Å². The molecule has 0 unspecified atom stereocenters. The van der Waals surface area contributed by atoms with Crippen molar-refractivity contribution in [2.45, 2.75) is 0 Å². The van der Waals surface area contributed by atoms with Gasteiger partial charge in [0.1, 0.15) is 16.8 Å². The third kappa shape index (κ3) is 2.33. The Labute approximate surface area is 125 Å². The third-order valence-corrected chi connectivity index (χ3v) is 3.31. The second-order valence-electron chi connectivity index (χ2n) is 4.24. The Kier molecular flexibility index (Phi) is 3.30. The number of nitrogens with two attached hydrogens (primary N) is 1. The molecule has 0 amide bonds. The first-order chi connectivity index (χ1) is 10.2. The molecule has 21 heavy (non-hydrogen) atoms. The number of hydrogen-bond acceptors (Lipinski definition) is 5. The quantitative estimate of drug-likeness (QED) is 0.731. The molecule has 6 heteroatoms. The Morgan fingerprint density at radius 1 is 1.14 bits per heavy atom. The van der Waals surface area contributed by atoms with Crippen molar-refractivity contribution >= 4 is 28.2 Å². The lowest BCUT2D eigenvalue weighted by Gasteiger charge is -2.10. The normalized spacial score (nSPS) is 10.3. The maximum atomic E-state index is 8.97. The van der Waals surface area contributed by atoms with Gasteiger partial charge in [-0.3, -0.25) is 4.98 Å². The van der Waals surface area contributed by atoms with E-state index < -0.39 is 0 Å². The van der Waals surface area contributed by atoms with Gasteiger partial charge in [0, 0.05) is 17.8 Å². The largest absolute Gasteiger partial charge is 0.437 e. The summed E-state index contributed by atoms with van der Waals surface area (Å²) in [5.74, 6) is 0.697. The van der Waals surface area contributed by atoms with Crippen LogP contribution in [0, 0.1) is 11.3 Å². The number of benzene rings is 1. The Hall–Kier alpha value is -2.84. The summed E-state index contributed by atoms with van der Waals surface area (Å²) >= 11 is 6.09. The van der Waals surface area contributed by atoms with Crippen LogP contribution in [0.4, 0.5) is 5.69 Å². The van der Waals surface area contributed by atoms with Crippen molar-refractivity contribution in [3.05, 3.63) is 53.3 Å². The number of rotatable bonds is 2. The molecule has 0 aliphatic heterocycles. The first-order valence-electron chi connectivity index (χ1n) is 6.06. The topological polar surface area (TPSA) is 84.8 Å². The summed E-state index contributed by atoms with van der Waals surface area (Å²) in [7, 11) is 0. The number of anilines is 1. The van der Waals surface area contributed by atoms with E-state index in [0.29, 0.717) is 22.5 Å². The predicted octanol–water partition coefficient (Wildman–Crippen LogP) is 3.53. The number of pyridine rings is 2. The second-order valence-corrected chi connectivity index (χ2v) is 4.62. The second kappa shape index (κ2) is 5.27. The van der Waals surface area contributed by atoms with E-state index in [-0.39, 0.29) is 10.9 Å². The van der Waals surface area contributed by atoms with Gasteiger partial charge in [-0.1, -0.05) is 11.6 Å². The van der Waals surface area contributed by atoms with Crippen LogP contribution < -0.4 is 10.5 Å². The number of aromatic nitrogens is 2. The van der Waals surface area contributed by atoms with Gasteiger partial charge >= 0.3 is 0 Å². The molecule has 1 aromatic carbocycles.